The van der Waals surface area contributed by atoms with E-state index in [1.54, 1.807) is 18.2 Å². The zero-order valence-electron chi connectivity index (χ0n) is 23.1. The van der Waals surface area contributed by atoms with E-state index in [9.17, 15) is 14.3 Å². The molecule has 0 amide bonds. The molecule has 5 heterocycles. The zero-order valence-corrected chi connectivity index (χ0v) is 23.9. The number of imidazole rings is 1. The van der Waals surface area contributed by atoms with Crippen molar-refractivity contribution >= 4 is 28.7 Å². The van der Waals surface area contributed by atoms with Gasteiger partial charge in [0, 0.05) is 17.5 Å². The lowest BCUT2D eigenvalue weighted by Crippen LogP contribution is -2.35. The summed E-state index contributed by atoms with van der Waals surface area (Å²) >= 11 is 5.96. The summed E-state index contributed by atoms with van der Waals surface area (Å²) in [6.07, 6.45) is 3.79. The lowest BCUT2D eigenvalue weighted by atomic mass is 9.84. The summed E-state index contributed by atoms with van der Waals surface area (Å²) in [5.41, 5.74) is 4.33. The summed E-state index contributed by atoms with van der Waals surface area (Å²) in [7, 11) is 0. The van der Waals surface area contributed by atoms with Crippen molar-refractivity contribution in [3.05, 3.63) is 87.6 Å². The fraction of sp³-hybridized carbons (Fsp3) is 0.406. The lowest BCUT2D eigenvalue weighted by molar-refractivity contribution is -0.0593. The van der Waals surface area contributed by atoms with Crippen molar-refractivity contribution < 1.29 is 23.8 Å². The molecule has 8 nitrogen and oxygen atoms in total. The molecule has 0 saturated carbocycles. The molecule has 2 aromatic heterocycles. The van der Waals surface area contributed by atoms with Crippen molar-refractivity contribution in [2.45, 2.75) is 56.7 Å². The molecule has 42 heavy (non-hydrogen) atoms. The van der Waals surface area contributed by atoms with E-state index in [-0.39, 0.29) is 23.5 Å². The summed E-state index contributed by atoms with van der Waals surface area (Å²) in [6, 6.07) is 14.5. The van der Waals surface area contributed by atoms with Gasteiger partial charge in [0.2, 0.25) is 0 Å². The van der Waals surface area contributed by atoms with Crippen molar-refractivity contribution in [3.63, 3.8) is 0 Å². The highest BCUT2D eigenvalue weighted by atomic mass is 35.5. The number of para-hydroxylation sites is 1. The molecule has 2 saturated heterocycles. The minimum Gasteiger partial charge on any atom is -0.492 e. The number of rotatable bonds is 7. The maximum Gasteiger partial charge on any atom is 0.354 e. The number of aromatic carboxylic acids is 1. The standard InChI is InChI=1S/C32H32ClFN4O4/c33-22-4-5-24(26(34)15-22)21-14-20-2-1-3-25(30(20)42-18-21)19-8-11-37(12-9-19)17-29-35-27-6-7-28(32(39)40)36-31(27)38(29)16-23-10-13-41-23/h1-7,15,19,21,23H,8-14,16-18H2,(H,39,40). The highest BCUT2D eigenvalue weighted by molar-refractivity contribution is 6.30. The maximum atomic E-state index is 14.6. The number of piperidine rings is 1. The summed E-state index contributed by atoms with van der Waals surface area (Å²) in [6.45, 7) is 4.29. The molecule has 1 N–H and O–H groups in total. The van der Waals surface area contributed by atoms with Gasteiger partial charge in [0.15, 0.2) is 11.3 Å². The monoisotopic (exact) mass is 590 g/mol. The van der Waals surface area contributed by atoms with E-state index < -0.39 is 5.97 Å². The normalized spacial score (nSPS) is 21.1. The molecular weight excluding hydrogens is 559 g/mol. The van der Waals surface area contributed by atoms with Crippen molar-refractivity contribution in [1.82, 2.24) is 19.4 Å². The second-order valence-corrected chi connectivity index (χ2v) is 12.0. The van der Waals surface area contributed by atoms with Crippen LogP contribution in [-0.4, -0.2) is 62.9 Å². The van der Waals surface area contributed by atoms with Crippen LogP contribution in [0.1, 0.15) is 64.1 Å². The first-order valence-corrected chi connectivity index (χ1v) is 14.9. The average Bonchev–Trinajstić information content (AvgIpc) is 3.30. The molecule has 2 unspecified atom stereocenters. The Morgan fingerprint density at radius 1 is 1.05 bits per heavy atom. The van der Waals surface area contributed by atoms with Gasteiger partial charge in [-0.15, -0.1) is 0 Å². The Balaban J connectivity index is 1.05. The Kier molecular flexibility index (Phi) is 7.34. The number of hydrogen-bond acceptors (Lipinski definition) is 6. The number of likely N-dealkylation sites (tertiary alicyclic amines) is 1. The van der Waals surface area contributed by atoms with Crippen LogP contribution in [0.25, 0.3) is 11.2 Å². The number of carbonyl (C=O) groups is 1. The van der Waals surface area contributed by atoms with Gasteiger partial charge in [-0.1, -0.05) is 35.9 Å². The Labute approximate surface area is 248 Å². The number of nitrogens with zero attached hydrogens (tertiary/aromatic N) is 4. The molecule has 0 spiro atoms. The van der Waals surface area contributed by atoms with Crippen molar-refractivity contribution in [3.8, 4) is 5.75 Å². The van der Waals surface area contributed by atoms with E-state index in [0.29, 0.717) is 47.4 Å². The second-order valence-electron chi connectivity index (χ2n) is 11.5. The molecule has 3 aliphatic heterocycles. The van der Waals surface area contributed by atoms with E-state index in [1.807, 2.05) is 4.57 Å². The first kappa shape index (κ1) is 27.3. The predicted molar refractivity (Wildman–Crippen MR) is 156 cm³/mol. The van der Waals surface area contributed by atoms with Gasteiger partial charge in [-0.3, -0.25) is 4.90 Å². The number of pyridine rings is 1. The highest BCUT2D eigenvalue weighted by Crippen LogP contribution is 2.41. The number of ether oxygens (including phenoxy) is 2. The van der Waals surface area contributed by atoms with Gasteiger partial charge in [-0.05, 0) is 85.6 Å². The van der Waals surface area contributed by atoms with Gasteiger partial charge in [0.1, 0.15) is 22.9 Å². The molecule has 7 rings (SSSR count). The van der Waals surface area contributed by atoms with Crippen LogP contribution in [0.15, 0.2) is 48.5 Å². The van der Waals surface area contributed by atoms with Crippen molar-refractivity contribution in [2.24, 2.45) is 0 Å². The number of carboxylic acids is 1. The van der Waals surface area contributed by atoms with Crippen LogP contribution in [0.4, 0.5) is 4.39 Å². The van der Waals surface area contributed by atoms with Gasteiger partial charge in [0.05, 0.1) is 25.8 Å². The molecule has 2 fully saturated rings. The Morgan fingerprint density at radius 2 is 1.88 bits per heavy atom. The van der Waals surface area contributed by atoms with Crippen LogP contribution < -0.4 is 4.74 Å². The van der Waals surface area contributed by atoms with Gasteiger partial charge >= 0.3 is 5.97 Å². The first-order chi connectivity index (χ1) is 20.4. The van der Waals surface area contributed by atoms with E-state index >= 15 is 0 Å². The number of aromatic nitrogens is 3. The van der Waals surface area contributed by atoms with Crippen LogP contribution in [-0.2, 0) is 24.2 Å². The third-order valence-corrected chi connectivity index (χ3v) is 9.12. The first-order valence-electron chi connectivity index (χ1n) is 14.6. The maximum absolute atomic E-state index is 14.6. The Morgan fingerprint density at radius 3 is 2.62 bits per heavy atom. The number of hydrogen-bond donors (Lipinski definition) is 1. The molecule has 10 heteroatoms. The SMILES string of the molecule is O=C(O)c1ccc2nc(CN3CCC(c4cccc5c4OCC(c4ccc(Cl)cc4F)C5)CC3)n(CC3CCO3)c2n1. The second kappa shape index (κ2) is 11.3. The van der Waals surface area contributed by atoms with Crippen LogP contribution in [0.2, 0.25) is 5.02 Å². The Bertz CT molecular complexity index is 1650. The van der Waals surface area contributed by atoms with Gasteiger partial charge in [-0.25, -0.2) is 19.2 Å². The topological polar surface area (TPSA) is 89.7 Å². The smallest absolute Gasteiger partial charge is 0.354 e. The minimum atomic E-state index is -1.05. The highest BCUT2D eigenvalue weighted by Gasteiger charge is 2.30. The molecule has 2 atom stereocenters. The van der Waals surface area contributed by atoms with Gasteiger partial charge in [0.25, 0.3) is 0 Å². The van der Waals surface area contributed by atoms with E-state index in [0.717, 1.165) is 62.5 Å². The molecule has 218 valence electrons. The van der Waals surface area contributed by atoms with E-state index in [1.165, 1.54) is 17.7 Å². The van der Waals surface area contributed by atoms with Crippen LogP contribution in [0.3, 0.4) is 0 Å². The van der Waals surface area contributed by atoms with Crippen LogP contribution >= 0.6 is 11.6 Å². The van der Waals surface area contributed by atoms with Gasteiger partial charge < -0.3 is 19.1 Å². The van der Waals surface area contributed by atoms with Crippen LogP contribution in [0.5, 0.6) is 5.75 Å². The average molecular weight is 591 g/mol. The molecular formula is C32H32ClFN4O4. The number of fused-ring (bicyclic) bond motifs is 2. The lowest BCUT2D eigenvalue weighted by Gasteiger charge is -2.35. The molecule has 2 aromatic carbocycles. The summed E-state index contributed by atoms with van der Waals surface area (Å²) in [4.78, 5) is 23.2. The Hall–Kier alpha value is -3.53. The quantitative estimate of drug-likeness (QED) is 0.290. The van der Waals surface area contributed by atoms with Crippen LogP contribution in [0, 0.1) is 5.82 Å². The van der Waals surface area contributed by atoms with Gasteiger partial charge in [-0.2, -0.15) is 0 Å². The number of halogens is 2. The molecule has 3 aliphatic rings. The number of carboxylic acid groups (broad SMARTS) is 1. The third-order valence-electron chi connectivity index (χ3n) is 8.89. The zero-order chi connectivity index (χ0) is 28.8. The predicted octanol–water partition coefficient (Wildman–Crippen LogP) is 5.81. The fourth-order valence-corrected chi connectivity index (χ4v) is 6.68. The summed E-state index contributed by atoms with van der Waals surface area (Å²) < 4.78 is 28.7. The number of benzene rings is 2. The summed E-state index contributed by atoms with van der Waals surface area (Å²) in [5.74, 6) is 0.849. The molecule has 0 radical (unpaired) electrons. The van der Waals surface area contributed by atoms with Crippen molar-refractivity contribution in [2.75, 3.05) is 26.3 Å². The summed E-state index contributed by atoms with van der Waals surface area (Å²) in [5, 5.41) is 9.87. The van der Waals surface area contributed by atoms with E-state index in [4.69, 9.17) is 26.1 Å². The third kappa shape index (κ3) is 5.25. The van der Waals surface area contributed by atoms with E-state index in [2.05, 4.69) is 28.1 Å². The fourth-order valence-electron chi connectivity index (χ4n) is 6.52. The molecule has 4 aromatic rings. The largest absolute Gasteiger partial charge is 0.492 e. The van der Waals surface area contributed by atoms with Crippen molar-refractivity contribution in [1.29, 1.82) is 0 Å². The minimum absolute atomic E-state index is 0.0172. The molecule has 0 aliphatic carbocycles. The molecule has 0 bridgehead atoms.